The highest BCUT2D eigenvalue weighted by Crippen LogP contribution is 2.53. The lowest BCUT2D eigenvalue weighted by molar-refractivity contribution is -0.105. The second-order valence-corrected chi connectivity index (χ2v) is 6.81. The lowest BCUT2D eigenvalue weighted by Gasteiger charge is -2.53. The van der Waals surface area contributed by atoms with Gasteiger partial charge < -0.3 is 10.1 Å². The Bertz CT molecular complexity index is 268. The third-order valence-electron chi connectivity index (χ3n) is 6.12. The van der Waals surface area contributed by atoms with Crippen molar-refractivity contribution in [3.63, 3.8) is 0 Å². The summed E-state index contributed by atoms with van der Waals surface area (Å²) in [7, 11) is 1.95. The van der Waals surface area contributed by atoms with Gasteiger partial charge in [-0.05, 0) is 44.2 Å². The molecule has 2 saturated carbocycles. The molecule has 3 aliphatic rings. The van der Waals surface area contributed by atoms with E-state index < -0.39 is 0 Å². The van der Waals surface area contributed by atoms with Gasteiger partial charge in [-0.15, -0.1) is 0 Å². The van der Waals surface area contributed by atoms with Crippen molar-refractivity contribution in [3.05, 3.63) is 0 Å². The molecule has 1 saturated heterocycles. The number of nitrogens with one attached hydrogen (secondary N) is 1. The molecule has 18 heavy (non-hydrogen) atoms. The van der Waals surface area contributed by atoms with Gasteiger partial charge in [0.25, 0.3) is 0 Å². The normalized spacial score (nSPS) is 42.5. The summed E-state index contributed by atoms with van der Waals surface area (Å²) in [5, 5.41) is 3.67. The molecule has 0 aromatic carbocycles. The zero-order chi connectivity index (χ0) is 12.4. The lowest BCUT2D eigenvalue weighted by Crippen LogP contribution is -2.55. The lowest BCUT2D eigenvalue weighted by atomic mass is 9.57. The second kappa shape index (κ2) is 5.50. The monoisotopic (exact) mass is 251 g/mol. The first-order chi connectivity index (χ1) is 8.87. The molecule has 0 aromatic rings. The maximum absolute atomic E-state index is 5.95. The summed E-state index contributed by atoms with van der Waals surface area (Å²) in [6.07, 6.45) is 13.3. The number of ether oxygens (including phenoxy) is 1. The molecule has 2 aliphatic carbocycles. The first-order valence-electron chi connectivity index (χ1n) is 8.10. The third-order valence-corrected chi connectivity index (χ3v) is 6.12. The predicted molar refractivity (Wildman–Crippen MR) is 74.6 cm³/mol. The van der Waals surface area contributed by atoms with Crippen LogP contribution >= 0.6 is 0 Å². The van der Waals surface area contributed by atoms with E-state index in [4.69, 9.17) is 4.74 Å². The number of methoxy groups -OCH3 is 1. The molecule has 3 unspecified atom stereocenters. The molecule has 0 radical (unpaired) electrons. The molecule has 0 aromatic heterocycles. The van der Waals surface area contributed by atoms with Crippen LogP contribution in [-0.2, 0) is 4.74 Å². The Morgan fingerprint density at radius 1 is 1.00 bits per heavy atom. The molecule has 2 heteroatoms. The van der Waals surface area contributed by atoms with Crippen molar-refractivity contribution in [2.45, 2.75) is 63.9 Å². The molecule has 1 N–H and O–H groups in total. The van der Waals surface area contributed by atoms with Crippen molar-refractivity contribution in [2.24, 2.45) is 17.3 Å². The summed E-state index contributed by atoms with van der Waals surface area (Å²) < 4.78 is 5.95. The van der Waals surface area contributed by atoms with Crippen LogP contribution in [0.3, 0.4) is 0 Å². The van der Waals surface area contributed by atoms with Crippen LogP contribution in [0.4, 0.5) is 0 Å². The number of hydrogen-bond donors (Lipinski definition) is 1. The predicted octanol–water partition coefficient (Wildman–Crippen LogP) is 3.36. The van der Waals surface area contributed by atoms with Gasteiger partial charge in [0.2, 0.25) is 0 Å². The van der Waals surface area contributed by atoms with Gasteiger partial charge in [0.1, 0.15) is 0 Å². The minimum atomic E-state index is 0.521. The molecule has 1 heterocycles. The number of rotatable bonds is 2. The molecule has 1 aliphatic heterocycles. The smallest absolute Gasteiger partial charge is 0.0631 e. The Hall–Kier alpha value is -0.0800. The molecule has 3 fully saturated rings. The van der Waals surface area contributed by atoms with E-state index in [2.05, 4.69) is 5.32 Å². The van der Waals surface area contributed by atoms with E-state index in [1.807, 2.05) is 7.11 Å². The minimum absolute atomic E-state index is 0.521. The topological polar surface area (TPSA) is 21.3 Å². The third kappa shape index (κ3) is 2.12. The minimum Gasteiger partial charge on any atom is -0.381 e. The molecule has 0 bridgehead atoms. The van der Waals surface area contributed by atoms with Crippen molar-refractivity contribution in [2.75, 3.05) is 20.2 Å². The first kappa shape index (κ1) is 12.9. The van der Waals surface area contributed by atoms with Crippen molar-refractivity contribution in [1.82, 2.24) is 5.32 Å². The molecule has 3 rings (SSSR count). The number of hydrogen-bond acceptors (Lipinski definition) is 2. The van der Waals surface area contributed by atoms with Crippen LogP contribution in [0, 0.1) is 17.3 Å². The van der Waals surface area contributed by atoms with Crippen LogP contribution in [0.5, 0.6) is 0 Å². The highest BCUT2D eigenvalue weighted by Gasteiger charge is 2.50. The van der Waals surface area contributed by atoms with Crippen LogP contribution < -0.4 is 5.32 Å². The van der Waals surface area contributed by atoms with E-state index >= 15 is 0 Å². The summed E-state index contributed by atoms with van der Waals surface area (Å²) in [5.74, 6) is 1.87. The highest BCUT2D eigenvalue weighted by molar-refractivity contribution is 5.01. The molecular formula is C16H29NO. The zero-order valence-electron chi connectivity index (χ0n) is 11.9. The van der Waals surface area contributed by atoms with E-state index in [1.165, 1.54) is 70.9 Å². The van der Waals surface area contributed by atoms with E-state index in [1.54, 1.807) is 0 Å². The summed E-state index contributed by atoms with van der Waals surface area (Å²) in [5.41, 5.74) is 0.521. The van der Waals surface area contributed by atoms with Crippen LogP contribution in [0.15, 0.2) is 0 Å². The van der Waals surface area contributed by atoms with Gasteiger partial charge in [0, 0.05) is 12.5 Å². The van der Waals surface area contributed by atoms with Crippen molar-refractivity contribution >= 4 is 0 Å². The van der Waals surface area contributed by atoms with E-state index in [0.717, 1.165) is 11.8 Å². The fourth-order valence-corrected chi connectivity index (χ4v) is 5.26. The molecule has 1 spiro atoms. The van der Waals surface area contributed by atoms with Gasteiger partial charge in [0.05, 0.1) is 6.10 Å². The van der Waals surface area contributed by atoms with Crippen molar-refractivity contribution in [1.29, 1.82) is 0 Å². The Kier molecular flexibility index (Phi) is 3.95. The molecule has 3 atom stereocenters. The Morgan fingerprint density at radius 2 is 1.78 bits per heavy atom. The van der Waals surface area contributed by atoms with Gasteiger partial charge in [0.15, 0.2) is 0 Å². The Morgan fingerprint density at radius 3 is 2.56 bits per heavy atom. The second-order valence-electron chi connectivity index (χ2n) is 6.81. The van der Waals surface area contributed by atoms with Crippen LogP contribution in [0.1, 0.15) is 57.8 Å². The number of piperidine rings is 1. The van der Waals surface area contributed by atoms with Gasteiger partial charge >= 0.3 is 0 Å². The van der Waals surface area contributed by atoms with Crippen LogP contribution in [0.25, 0.3) is 0 Å². The Labute approximate surface area is 112 Å². The molecule has 2 nitrogen and oxygen atoms in total. The van der Waals surface area contributed by atoms with Gasteiger partial charge in [-0.1, -0.05) is 38.5 Å². The van der Waals surface area contributed by atoms with E-state index in [0.29, 0.717) is 11.5 Å². The summed E-state index contributed by atoms with van der Waals surface area (Å²) in [6, 6.07) is 0. The summed E-state index contributed by atoms with van der Waals surface area (Å²) in [6.45, 7) is 2.47. The Balaban J connectivity index is 1.83. The largest absolute Gasteiger partial charge is 0.381 e. The molecule has 0 amide bonds. The van der Waals surface area contributed by atoms with Crippen molar-refractivity contribution in [3.8, 4) is 0 Å². The summed E-state index contributed by atoms with van der Waals surface area (Å²) >= 11 is 0. The van der Waals surface area contributed by atoms with Crippen LogP contribution in [-0.4, -0.2) is 26.3 Å². The summed E-state index contributed by atoms with van der Waals surface area (Å²) in [4.78, 5) is 0. The molecular weight excluding hydrogens is 222 g/mol. The van der Waals surface area contributed by atoms with Gasteiger partial charge in [-0.2, -0.15) is 0 Å². The fourth-order valence-electron chi connectivity index (χ4n) is 5.26. The fraction of sp³-hybridized carbons (Fsp3) is 1.00. The quantitative estimate of drug-likeness (QED) is 0.812. The van der Waals surface area contributed by atoms with E-state index in [9.17, 15) is 0 Å². The SMILES string of the molecule is COC1CCCCC12CCNCC2C1CCCC1. The average Bonchev–Trinajstić information content (AvgIpc) is 2.93. The maximum atomic E-state index is 5.95. The standard InChI is InChI=1S/C16H29NO/c1-18-15-8-4-5-9-16(15)10-11-17-12-14(16)13-6-2-3-7-13/h13-15,17H,2-12H2,1H3. The highest BCUT2D eigenvalue weighted by atomic mass is 16.5. The molecule has 104 valence electrons. The average molecular weight is 251 g/mol. The van der Waals surface area contributed by atoms with Crippen molar-refractivity contribution < 1.29 is 4.74 Å². The van der Waals surface area contributed by atoms with Crippen LogP contribution in [0.2, 0.25) is 0 Å². The van der Waals surface area contributed by atoms with Gasteiger partial charge in [-0.25, -0.2) is 0 Å². The van der Waals surface area contributed by atoms with E-state index in [-0.39, 0.29) is 0 Å². The first-order valence-corrected chi connectivity index (χ1v) is 8.10. The maximum Gasteiger partial charge on any atom is 0.0631 e. The zero-order valence-corrected chi connectivity index (χ0v) is 11.9. The van der Waals surface area contributed by atoms with Gasteiger partial charge in [-0.3, -0.25) is 0 Å².